The third kappa shape index (κ3) is 5.68. The summed E-state index contributed by atoms with van der Waals surface area (Å²) in [6.07, 6.45) is 2.86. The van der Waals surface area contributed by atoms with Gasteiger partial charge in [-0.1, -0.05) is 25.1 Å². The maximum Gasteiger partial charge on any atom is 0.251 e. The summed E-state index contributed by atoms with van der Waals surface area (Å²) in [4.78, 5) is 70.0. The number of benzene rings is 1. The number of nitrogens with one attached hydrogen (secondary N) is 1. The molecule has 10 heteroatoms. The van der Waals surface area contributed by atoms with Crippen molar-refractivity contribution in [2.45, 2.75) is 64.1 Å². The Kier molecular flexibility index (Phi) is 8.35. The van der Waals surface area contributed by atoms with Gasteiger partial charge in [-0.3, -0.25) is 24.0 Å². The molecule has 0 aliphatic carbocycles. The molecule has 1 aromatic carbocycles. The Balaban J connectivity index is 1.09. The average Bonchev–Trinajstić information content (AvgIpc) is 3.74. The van der Waals surface area contributed by atoms with Crippen molar-refractivity contribution in [1.82, 2.24) is 20.0 Å². The largest absolute Gasteiger partial charge is 0.352 e. The first-order valence-electron chi connectivity index (χ1n) is 14.1. The van der Waals surface area contributed by atoms with Gasteiger partial charge in [0.1, 0.15) is 12.1 Å². The van der Waals surface area contributed by atoms with Gasteiger partial charge in [0.2, 0.25) is 17.7 Å². The van der Waals surface area contributed by atoms with Gasteiger partial charge >= 0.3 is 0 Å². The van der Waals surface area contributed by atoms with E-state index in [-0.39, 0.29) is 54.3 Å². The van der Waals surface area contributed by atoms with Crippen LogP contribution < -0.4 is 5.32 Å². The number of nitrogens with zero attached hydrogens (tertiary/aromatic N) is 3. The molecule has 0 radical (unpaired) electrons. The number of carbonyl (C=O) groups is 5. The number of Topliss-reactive ketones (excluding diaryl/α,β-unsaturated/α-hetero) is 1. The van der Waals surface area contributed by atoms with Crippen molar-refractivity contribution in [3.63, 3.8) is 0 Å². The van der Waals surface area contributed by atoms with Crippen molar-refractivity contribution in [3.8, 4) is 10.4 Å². The van der Waals surface area contributed by atoms with E-state index in [1.165, 1.54) is 6.92 Å². The van der Waals surface area contributed by atoms with Gasteiger partial charge in [-0.05, 0) is 60.7 Å². The lowest BCUT2D eigenvalue weighted by Crippen LogP contribution is -2.50. The van der Waals surface area contributed by atoms with E-state index in [0.29, 0.717) is 44.5 Å². The minimum atomic E-state index is -0.604. The second kappa shape index (κ2) is 11.9. The van der Waals surface area contributed by atoms with E-state index in [0.717, 1.165) is 16.9 Å². The van der Waals surface area contributed by atoms with Crippen LogP contribution in [-0.4, -0.2) is 88.4 Å². The van der Waals surface area contributed by atoms with Crippen LogP contribution in [0.15, 0.2) is 41.8 Å². The quantitative estimate of drug-likeness (QED) is 0.531. The Hall–Kier alpha value is -3.53. The maximum absolute atomic E-state index is 13.3. The summed E-state index contributed by atoms with van der Waals surface area (Å²) in [5.41, 5.74) is 1.67. The fourth-order valence-electron chi connectivity index (χ4n) is 6.26. The molecule has 4 heterocycles. The molecule has 2 aromatic rings. The van der Waals surface area contributed by atoms with E-state index in [4.69, 9.17) is 0 Å². The molecular formula is C30H36N4O5S. The van der Waals surface area contributed by atoms with Crippen molar-refractivity contribution in [1.29, 1.82) is 0 Å². The molecule has 4 atom stereocenters. The van der Waals surface area contributed by atoms with Gasteiger partial charge in [0.25, 0.3) is 5.91 Å². The highest BCUT2D eigenvalue weighted by molar-refractivity contribution is 7.13. The smallest absolute Gasteiger partial charge is 0.251 e. The van der Waals surface area contributed by atoms with Crippen LogP contribution in [0.5, 0.6) is 0 Å². The van der Waals surface area contributed by atoms with Crippen molar-refractivity contribution < 1.29 is 24.0 Å². The van der Waals surface area contributed by atoms with E-state index in [2.05, 4.69) is 5.32 Å². The van der Waals surface area contributed by atoms with E-state index < -0.39 is 12.1 Å². The van der Waals surface area contributed by atoms with Crippen LogP contribution in [0.2, 0.25) is 0 Å². The highest BCUT2D eigenvalue weighted by atomic mass is 32.1. The number of thiophene rings is 1. The van der Waals surface area contributed by atoms with E-state index in [1.807, 2.05) is 48.7 Å². The number of amides is 4. The fourth-order valence-corrected chi connectivity index (χ4v) is 7.00. The number of hydrogen-bond donors (Lipinski definition) is 1. The van der Waals surface area contributed by atoms with E-state index >= 15 is 0 Å². The SMILES string of the molecule is CC(=O)N1CCCC1C(=O)N1CC(=O)C2C1CCN2C(=O)CC(C)CCNC(=O)c1ccc(-c2cccs2)cc1. The van der Waals surface area contributed by atoms with Crippen LogP contribution in [0, 0.1) is 5.92 Å². The van der Waals surface area contributed by atoms with Gasteiger partial charge in [0, 0.05) is 43.4 Å². The Morgan fingerprint density at radius 1 is 1.02 bits per heavy atom. The van der Waals surface area contributed by atoms with Gasteiger partial charge in [0.05, 0.1) is 12.6 Å². The molecule has 4 unspecified atom stereocenters. The summed E-state index contributed by atoms with van der Waals surface area (Å²) < 4.78 is 0. The molecule has 3 aliphatic heterocycles. The van der Waals surface area contributed by atoms with Crippen molar-refractivity contribution in [3.05, 3.63) is 47.3 Å². The zero-order chi connectivity index (χ0) is 28.4. The van der Waals surface area contributed by atoms with Gasteiger partial charge in [0.15, 0.2) is 5.78 Å². The second-order valence-electron chi connectivity index (χ2n) is 11.1. The van der Waals surface area contributed by atoms with Gasteiger partial charge in [-0.2, -0.15) is 0 Å². The van der Waals surface area contributed by atoms with Crippen LogP contribution >= 0.6 is 11.3 Å². The van der Waals surface area contributed by atoms with Crippen LogP contribution in [0.25, 0.3) is 10.4 Å². The Labute approximate surface area is 238 Å². The Morgan fingerprint density at radius 3 is 2.50 bits per heavy atom. The summed E-state index contributed by atoms with van der Waals surface area (Å²) >= 11 is 1.65. The molecule has 5 rings (SSSR count). The molecule has 3 fully saturated rings. The van der Waals surface area contributed by atoms with Crippen LogP contribution in [0.3, 0.4) is 0 Å². The number of likely N-dealkylation sites (tertiary alicyclic amines) is 3. The minimum absolute atomic E-state index is 0.00389. The zero-order valence-corrected chi connectivity index (χ0v) is 23.8. The van der Waals surface area contributed by atoms with Gasteiger partial charge in [-0.15, -0.1) is 11.3 Å². The molecule has 1 aromatic heterocycles. The molecule has 40 heavy (non-hydrogen) atoms. The van der Waals surface area contributed by atoms with Gasteiger partial charge < -0.3 is 20.0 Å². The average molecular weight is 565 g/mol. The van der Waals surface area contributed by atoms with E-state index in [1.54, 1.807) is 26.0 Å². The summed E-state index contributed by atoms with van der Waals surface area (Å²) in [6, 6.07) is 10.1. The van der Waals surface area contributed by atoms with Crippen LogP contribution in [-0.2, 0) is 19.2 Å². The van der Waals surface area contributed by atoms with Crippen LogP contribution in [0.1, 0.15) is 56.3 Å². The number of rotatable bonds is 8. The fraction of sp³-hybridized carbons (Fsp3) is 0.500. The topological polar surface area (TPSA) is 107 Å². The van der Waals surface area contributed by atoms with Crippen molar-refractivity contribution in [2.24, 2.45) is 5.92 Å². The molecule has 0 saturated carbocycles. The van der Waals surface area contributed by atoms with Crippen molar-refractivity contribution in [2.75, 3.05) is 26.2 Å². The summed E-state index contributed by atoms with van der Waals surface area (Å²) in [7, 11) is 0. The molecule has 3 saturated heterocycles. The van der Waals surface area contributed by atoms with Crippen LogP contribution in [0.4, 0.5) is 0 Å². The lowest BCUT2D eigenvalue weighted by atomic mass is 10.0. The minimum Gasteiger partial charge on any atom is -0.352 e. The maximum atomic E-state index is 13.3. The molecular weight excluding hydrogens is 528 g/mol. The number of hydrogen-bond acceptors (Lipinski definition) is 6. The highest BCUT2D eigenvalue weighted by Crippen LogP contribution is 2.33. The first-order chi connectivity index (χ1) is 19.2. The lowest BCUT2D eigenvalue weighted by molar-refractivity contribution is -0.143. The number of carbonyl (C=O) groups excluding carboxylic acids is 5. The van der Waals surface area contributed by atoms with E-state index in [9.17, 15) is 24.0 Å². The first-order valence-corrected chi connectivity index (χ1v) is 14.9. The predicted octanol–water partition coefficient (Wildman–Crippen LogP) is 2.95. The Morgan fingerprint density at radius 2 is 1.80 bits per heavy atom. The standard InChI is InChI=1S/C30H36N4O5S/c1-19(11-13-31-29(38)22-9-7-21(8-10-22)26-6-4-16-40-26)17-27(37)33-15-12-23-28(33)25(36)18-34(23)30(39)24-5-3-14-32(24)20(2)35/h4,6-10,16,19,23-24,28H,3,5,11-15,17-18H2,1-2H3,(H,31,38). The third-order valence-corrected chi connectivity index (χ3v) is 9.29. The van der Waals surface area contributed by atoms with Crippen molar-refractivity contribution >= 4 is 40.7 Å². The molecule has 1 N–H and O–H groups in total. The normalized spacial score (nSPS) is 22.9. The molecule has 3 aliphatic rings. The predicted molar refractivity (Wildman–Crippen MR) is 152 cm³/mol. The number of ketones is 1. The van der Waals surface area contributed by atoms with Gasteiger partial charge in [-0.25, -0.2) is 0 Å². The summed E-state index contributed by atoms with van der Waals surface area (Å²) in [5, 5.41) is 4.96. The third-order valence-electron chi connectivity index (χ3n) is 8.37. The lowest BCUT2D eigenvalue weighted by Gasteiger charge is -2.30. The molecule has 0 bridgehead atoms. The molecule has 0 spiro atoms. The first kappa shape index (κ1) is 28.0. The second-order valence-corrected chi connectivity index (χ2v) is 12.0. The Bertz CT molecular complexity index is 1280. The molecule has 4 amide bonds. The monoisotopic (exact) mass is 564 g/mol. The molecule has 9 nitrogen and oxygen atoms in total. The number of fused-ring (bicyclic) bond motifs is 1. The highest BCUT2D eigenvalue weighted by Gasteiger charge is 2.52. The zero-order valence-electron chi connectivity index (χ0n) is 23.0. The molecule has 212 valence electrons. The summed E-state index contributed by atoms with van der Waals surface area (Å²) in [6.45, 7) is 4.88. The summed E-state index contributed by atoms with van der Waals surface area (Å²) in [5.74, 6) is -0.632.